The second-order valence-electron chi connectivity index (χ2n) is 6.95. The van der Waals surface area contributed by atoms with Gasteiger partial charge in [0.25, 0.3) is 0 Å². The summed E-state index contributed by atoms with van der Waals surface area (Å²) in [7, 11) is 0. The summed E-state index contributed by atoms with van der Waals surface area (Å²) in [6.45, 7) is 7.59. The zero-order valence-electron chi connectivity index (χ0n) is 13.8. The van der Waals surface area contributed by atoms with Crippen LogP contribution in [-0.4, -0.2) is 24.5 Å². The van der Waals surface area contributed by atoms with Gasteiger partial charge in [-0.2, -0.15) is 5.10 Å². The van der Waals surface area contributed by atoms with E-state index >= 15 is 0 Å². The van der Waals surface area contributed by atoms with Crippen molar-refractivity contribution in [2.24, 2.45) is 0 Å². The topological polar surface area (TPSA) is 48.5 Å². The predicted octanol–water partition coefficient (Wildman–Crippen LogP) is 3.50. The van der Waals surface area contributed by atoms with Crippen molar-refractivity contribution in [2.75, 3.05) is 0 Å². The van der Waals surface area contributed by atoms with E-state index in [9.17, 15) is 0 Å². The fourth-order valence-corrected chi connectivity index (χ4v) is 4.07. The molecule has 1 fully saturated rings. The van der Waals surface area contributed by atoms with Crippen molar-refractivity contribution in [3.63, 3.8) is 0 Å². The number of hydrogen-bond acceptors (Lipinski definition) is 3. The van der Waals surface area contributed by atoms with E-state index in [-0.39, 0.29) is 0 Å². The van der Waals surface area contributed by atoms with E-state index in [1.807, 2.05) is 0 Å². The van der Waals surface area contributed by atoms with Gasteiger partial charge in [-0.15, -0.1) is 10.2 Å². The van der Waals surface area contributed by atoms with Gasteiger partial charge in [-0.25, -0.2) is 0 Å². The molecule has 0 N–H and O–H groups in total. The molecule has 1 aliphatic heterocycles. The SMILES string of the molecule is CCc1nn(C2CCCC2)c2c1CCn1c-2nnc1C(C)C. The van der Waals surface area contributed by atoms with Crippen LogP contribution in [0.1, 0.15) is 75.5 Å². The van der Waals surface area contributed by atoms with E-state index in [0.717, 1.165) is 31.0 Å². The van der Waals surface area contributed by atoms with Crippen LogP contribution in [-0.2, 0) is 19.4 Å². The van der Waals surface area contributed by atoms with E-state index in [2.05, 4.69) is 40.2 Å². The van der Waals surface area contributed by atoms with Gasteiger partial charge in [0, 0.05) is 18.0 Å². The minimum absolute atomic E-state index is 0.413. The maximum atomic E-state index is 4.98. The fourth-order valence-electron chi connectivity index (χ4n) is 4.07. The molecule has 0 unspecified atom stereocenters. The second-order valence-corrected chi connectivity index (χ2v) is 6.95. The molecular formula is C17H25N5. The molecule has 0 spiro atoms. The Bertz CT molecular complexity index is 688. The van der Waals surface area contributed by atoms with Crippen LogP contribution in [0.5, 0.6) is 0 Å². The van der Waals surface area contributed by atoms with Crippen LogP contribution in [0.15, 0.2) is 0 Å². The average Bonchev–Trinajstić information content (AvgIpc) is 3.23. The van der Waals surface area contributed by atoms with Crippen molar-refractivity contribution in [1.82, 2.24) is 24.5 Å². The van der Waals surface area contributed by atoms with Gasteiger partial charge < -0.3 is 4.57 Å². The van der Waals surface area contributed by atoms with Crippen LogP contribution < -0.4 is 0 Å². The third-order valence-electron chi connectivity index (χ3n) is 5.19. The van der Waals surface area contributed by atoms with Gasteiger partial charge in [0.05, 0.1) is 11.7 Å². The van der Waals surface area contributed by atoms with E-state index in [0.29, 0.717) is 12.0 Å². The molecule has 0 aromatic carbocycles. The average molecular weight is 299 g/mol. The molecule has 2 aromatic heterocycles. The highest BCUT2D eigenvalue weighted by molar-refractivity contribution is 5.60. The molecule has 0 atom stereocenters. The normalized spacial score (nSPS) is 18.0. The molecule has 5 heteroatoms. The highest BCUT2D eigenvalue weighted by Crippen LogP contribution is 2.38. The Morgan fingerprint density at radius 2 is 1.95 bits per heavy atom. The number of aromatic nitrogens is 5. The lowest BCUT2D eigenvalue weighted by molar-refractivity contribution is 0.464. The fraction of sp³-hybridized carbons (Fsp3) is 0.706. The van der Waals surface area contributed by atoms with Crippen LogP contribution in [0, 0.1) is 0 Å². The Balaban J connectivity index is 1.89. The Hall–Kier alpha value is -1.65. The maximum Gasteiger partial charge on any atom is 0.182 e. The molecule has 1 saturated carbocycles. The molecule has 3 heterocycles. The molecule has 22 heavy (non-hydrogen) atoms. The molecule has 0 saturated heterocycles. The first-order valence-corrected chi connectivity index (χ1v) is 8.74. The lowest BCUT2D eigenvalue weighted by Crippen LogP contribution is -2.17. The molecule has 2 aliphatic rings. The monoisotopic (exact) mass is 299 g/mol. The summed E-state index contributed by atoms with van der Waals surface area (Å²) >= 11 is 0. The summed E-state index contributed by atoms with van der Waals surface area (Å²) in [5.41, 5.74) is 3.95. The lowest BCUT2D eigenvalue weighted by atomic mass is 10.0. The summed E-state index contributed by atoms with van der Waals surface area (Å²) in [4.78, 5) is 0. The van der Waals surface area contributed by atoms with Crippen LogP contribution >= 0.6 is 0 Å². The van der Waals surface area contributed by atoms with E-state index in [1.165, 1.54) is 42.6 Å². The van der Waals surface area contributed by atoms with Crippen LogP contribution in [0.25, 0.3) is 11.5 Å². The van der Waals surface area contributed by atoms with Gasteiger partial charge in [0.15, 0.2) is 5.82 Å². The third-order valence-corrected chi connectivity index (χ3v) is 5.19. The quantitative estimate of drug-likeness (QED) is 0.871. The minimum Gasteiger partial charge on any atom is -0.309 e. The summed E-state index contributed by atoms with van der Waals surface area (Å²) in [6.07, 6.45) is 7.23. The van der Waals surface area contributed by atoms with Crippen molar-refractivity contribution < 1.29 is 0 Å². The molecule has 0 bridgehead atoms. The summed E-state index contributed by atoms with van der Waals surface area (Å²) in [6, 6.07) is 0.555. The molecule has 0 radical (unpaired) electrons. The molecule has 118 valence electrons. The summed E-state index contributed by atoms with van der Waals surface area (Å²) in [5.74, 6) is 2.57. The molecule has 0 amide bonds. The Kier molecular flexibility index (Phi) is 3.31. The largest absolute Gasteiger partial charge is 0.309 e. The first-order chi connectivity index (χ1) is 10.7. The van der Waals surface area contributed by atoms with Gasteiger partial charge >= 0.3 is 0 Å². The van der Waals surface area contributed by atoms with Crippen molar-refractivity contribution in [2.45, 2.75) is 77.8 Å². The zero-order valence-corrected chi connectivity index (χ0v) is 13.8. The molecular weight excluding hydrogens is 274 g/mol. The maximum absolute atomic E-state index is 4.98. The summed E-state index contributed by atoms with van der Waals surface area (Å²) < 4.78 is 4.62. The van der Waals surface area contributed by atoms with Crippen LogP contribution in [0.2, 0.25) is 0 Å². The zero-order chi connectivity index (χ0) is 15.3. The van der Waals surface area contributed by atoms with Gasteiger partial charge in [-0.3, -0.25) is 4.68 Å². The molecule has 1 aliphatic carbocycles. The third kappa shape index (κ3) is 1.94. The summed E-state index contributed by atoms with van der Waals surface area (Å²) in [5, 5.41) is 14.0. The van der Waals surface area contributed by atoms with Gasteiger partial charge in [-0.05, 0) is 25.7 Å². The van der Waals surface area contributed by atoms with Gasteiger partial charge in [-0.1, -0.05) is 33.6 Å². The predicted molar refractivity (Wildman–Crippen MR) is 85.9 cm³/mol. The molecule has 4 rings (SSSR count). The Labute approximate surface area is 131 Å². The van der Waals surface area contributed by atoms with Crippen molar-refractivity contribution in [3.05, 3.63) is 17.1 Å². The highest BCUT2D eigenvalue weighted by Gasteiger charge is 2.32. The minimum atomic E-state index is 0.413. The highest BCUT2D eigenvalue weighted by atomic mass is 15.4. The number of fused-ring (bicyclic) bond motifs is 3. The smallest absolute Gasteiger partial charge is 0.182 e. The Morgan fingerprint density at radius 3 is 2.64 bits per heavy atom. The van der Waals surface area contributed by atoms with Crippen molar-refractivity contribution >= 4 is 0 Å². The van der Waals surface area contributed by atoms with E-state index < -0.39 is 0 Å². The van der Waals surface area contributed by atoms with E-state index in [4.69, 9.17) is 5.10 Å². The second kappa shape index (κ2) is 5.21. The van der Waals surface area contributed by atoms with Gasteiger partial charge in [0.2, 0.25) is 0 Å². The molecule has 2 aromatic rings. The van der Waals surface area contributed by atoms with Crippen molar-refractivity contribution in [3.8, 4) is 11.5 Å². The first kappa shape index (κ1) is 14.0. The van der Waals surface area contributed by atoms with Crippen LogP contribution in [0.3, 0.4) is 0 Å². The molecule has 5 nitrogen and oxygen atoms in total. The van der Waals surface area contributed by atoms with Crippen molar-refractivity contribution in [1.29, 1.82) is 0 Å². The van der Waals surface area contributed by atoms with E-state index in [1.54, 1.807) is 0 Å². The number of hydrogen-bond donors (Lipinski definition) is 0. The lowest BCUT2D eigenvalue weighted by Gasteiger charge is -2.20. The number of nitrogens with zero attached hydrogens (tertiary/aromatic N) is 5. The Morgan fingerprint density at radius 1 is 1.18 bits per heavy atom. The van der Waals surface area contributed by atoms with Crippen LogP contribution in [0.4, 0.5) is 0 Å². The first-order valence-electron chi connectivity index (χ1n) is 8.74. The number of aryl methyl sites for hydroxylation is 1. The van der Waals surface area contributed by atoms with Gasteiger partial charge in [0.1, 0.15) is 11.5 Å². The number of rotatable bonds is 3. The standard InChI is InChI=1S/C17H25N5/c1-4-14-13-9-10-21-16(11(2)3)18-19-17(21)15(13)22(20-14)12-7-5-6-8-12/h11-12H,4-10H2,1-3H3.